The molecule has 0 unspecified atom stereocenters. The van der Waals surface area contributed by atoms with Crippen molar-refractivity contribution in [3.8, 4) is 0 Å². The molecule has 0 spiro atoms. The van der Waals surface area contributed by atoms with Gasteiger partial charge in [-0.2, -0.15) is 13.2 Å². The highest BCUT2D eigenvalue weighted by atomic mass is 32.1. The summed E-state index contributed by atoms with van der Waals surface area (Å²) < 4.78 is 37.6. The van der Waals surface area contributed by atoms with E-state index in [9.17, 15) is 22.8 Å². The maximum Gasteiger partial charge on any atom is 0.406 e. The molecule has 1 aliphatic carbocycles. The Hall–Kier alpha value is -1.91. The molecule has 0 aromatic carbocycles. The zero-order chi connectivity index (χ0) is 18.5. The van der Waals surface area contributed by atoms with E-state index in [2.05, 4.69) is 15.1 Å². The van der Waals surface area contributed by atoms with Crippen LogP contribution in [0.2, 0.25) is 0 Å². The fourth-order valence-corrected chi connectivity index (χ4v) is 4.46. The molecule has 3 fully saturated rings. The summed E-state index contributed by atoms with van der Waals surface area (Å²) in [7, 11) is 0. The van der Waals surface area contributed by atoms with Gasteiger partial charge >= 0.3 is 12.2 Å². The van der Waals surface area contributed by atoms with Gasteiger partial charge in [-0.15, -0.1) is 10.2 Å². The molecule has 1 aromatic rings. The number of hydrogen-bond donors (Lipinski definition) is 0. The van der Waals surface area contributed by atoms with Crippen molar-refractivity contribution in [1.29, 1.82) is 0 Å². The maximum atomic E-state index is 12.5. The third-order valence-corrected chi connectivity index (χ3v) is 6.10. The van der Waals surface area contributed by atoms with E-state index in [-0.39, 0.29) is 12.6 Å². The van der Waals surface area contributed by atoms with Gasteiger partial charge in [-0.3, -0.25) is 9.69 Å². The number of alkyl halides is 3. The lowest BCUT2D eigenvalue weighted by molar-refractivity contribution is -0.151. The number of halogens is 3. The molecular formula is C15H18F3N5O2S. The quantitative estimate of drug-likeness (QED) is 0.739. The van der Waals surface area contributed by atoms with E-state index in [4.69, 9.17) is 0 Å². The zero-order valence-electron chi connectivity index (χ0n) is 13.9. The third-order valence-electron chi connectivity index (χ3n) is 4.95. The van der Waals surface area contributed by atoms with Crippen LogP contribution in [0.25, 0.3) is 0 Å². The third kappa shape index (κ3) is 3.49. The van der Waals surface area contributed by atoms with E-state index < -0.39 is 24.7 Å². The van der Waals surface area contributed by atoms with Crippen LogP contribution in [0.3, 0.4) is 0 Å². The Kier molecular flexibility index (Phi) is 4.28. The van der Waals surface area contributed by atoms with Crippen molar-refractivity contribution in [2.75, 3.05) is 31.1 Å². The molecule has 1 saturated carbocycles. The van der Waals surface area contributed by atoms with Crippen molar-refractivity contribution in [3.05, 3.63) is 5.01 Å². The van der Waals surface area contributed by atoms with Gasteiger partial charge in [0.25, 0.3) is 5.91 Å². The second-order valence-corrected chi connectivity index (χ2v) is 7.91. The summed E-state index contributed by atoms with van der Waals surface area (Å²) in [5.41, 5.74) is 0. The Morgan fingerprint density at radius 3 is 2.38 bits per heavy atom. The predicted molar refractivity (Wildman–Crippen MR) is 87.0 cm³/mol. The van der Waals surface area contributed by atoms with Crippen molar-refractivity contribution in [3.63, 3.8) is 0 Å². The topological polar surface area (TPSA) is 69.6 Å². The molecule has 142 valence electrons. The van der Waals surface area contributed by atoms with Crippen LogP contribution in [0.1, 0.15) is 36.6 Å². The van der Waals surface area contributed by atoms with E-state index in [0.29, 0.717) is 36.7 Å². The Balaban J connectivity index is 1.35. The number of anilines is 1. The highest BCUT2D eigenvalue weighted by Crippen LogP contribution is 2.42. The largest absolute Gasteiger partial charge is 0.406 e. The minimum atomic E-state index is -4.58. The van der Waals surface area contributed by atoms with Gasteiger partial charge in [-0.25, -0.2) is 4.79 Å². The van der Waals surface area contributed by atoms with Gasteiger partial charge in [0.05, 0.1) is 0 Å². The highest BCUT2D eigenvalue weighted by molar-refractivity contribution is 7.15. The molecule has 4 rings (SSSR count). The van der Waals surface area contributed by atoms with Gasteiger partial charge in [-0.1, -0.05) is 11.3 Å². The Labute approximate surface area is 151 Å². The Morgan fingerprint density at radius 1 is 1.08 bits per heavy atom. The fraction of sp³-hybridized carbons (Fsp3) is 0.733. The van der Waals surface area contributed by atoms with Crippen molar-refractivity contribution in [1.82, 2.24) is 20.0 Å². The minimum Gasteiger partial charge on any atom is -0.347 e. The van der Waals surface area contributed by atoms with E-state index in [1.54, 1.807) is 11.3 Å². The summed E-state index contributed by atoms with van der Waals surface area (Å²) in [5, 5.41) is 10.4. The number of nitrogens with zero attached hydrogens (tertiary/aromatic N) is 5. The van der Waals surface area contributed by atoms with Crippen molar-refractivity contribution < 1.29 is 22.8 Å². The Bertz CT molecular complexity index is 712. The van der Waals surface area contributed by atoms with Crippen molar-refractivity contribution >= 4 is 28.4 Å². The summed E-state index contributed by atoms with van der Waals surface area (Å²) in [6.45, 7) is -0.513. The van der Waals surface area contributed by atoms with E-state index in [0.717, 1.165) is 23.0 Å². The second-order valence-electron chi connectivity index (χ2n) is 6.92. The van der Waals surface area contributed by atoms with Crippen LogP contribution in [-0.4, -0.2) is 70.3 Å². The number of piperidine rings is 1. The SMILES string of the molecule is O=C1CN(C2CCN(c3nnc(C4CC4)s3)CC2)C(=O)N1CC(F)(F)F. The standard InChI is InChI=1S/C15H18F3N5O2S/c16-15(17,18)8-23-11(24)7-22(14(23)25)10-3-5-21(6-4-10)13-20-19-12(26-13)9-1-2-9/h9-10H,1-8H2. The fourth-order valence-electron chi connectivity index (χ4n) is 3.40. The van der Waals surface area contributed by atoms with Gasteiger partial charge in [-0.05, 0) is 25.7 Å². The first-order chi connectivity index (χ1) is 12.3. The van der Waals surface area contributed by atoms with Crippen LogP contribution in [0.4, 0.5) is 23.1 Å². The molecule has 0 radical (unpaired) electrons. The van der Waals surface area contributed by atoms with Gasteiger partial charge in [0.15, 0.2) is 0 Å². The number of imide groups is 1. The average Bonchev–Trinajstić information content (AvgIpc) is 3.26. The molecule has 2 aliphatic heterocycles. The summed E-state index contributed by atoms with van der Waals surface area (Å²) in [4.78, 5) is 27.7. The molecule has 0 bridgehead atoms. The molecule has 0 N–H and O–H groups in total. The minimum absolute atomic E-state index is 0.225. The monoisotopic (exact) mass is 389 g/mol. The normalized spacial score (nSPS) is 22.7. The molecule has 3 aliphatic rings. The average molecular weight is 389 g/mol. The molecule has 7 nitrogen and oxygen atoms in total. The first-order valence-electron chi connectivity index (χ1n) is 8.58. The lowest BCUT2D eigenvalue weighted by atomic mass is 10.0. The van der Waals surface area contributed by atoms with Crippen LogP contribution in [0, 0.1) is 0 Å². The van der Waals surface area contributed by atoms with Gasteiger partial charge < -0.3 is 9.80 Å². The summed E-state index contributed by atoms with van der Waals surface area (Å²) in [6.07, 6.45) is -1.07. The van der Waals surface area contributed by atoms with Gasteiger partial charge in [0.1, 0.15) is 18.1 Å². The number of carbonyl (C=O) groups is 2. The maximum absolute atomic E-state index is 12.5. The smallest absolute Gasteiger partial charge is 0.347 e. The van der Waals surface area contributed by atoms with Gasteiger partial charge in [0.2, 0.25) is 5.13 Å². The van der Waals surface area contributed by atoms with E-state index in [1.165, 1.54) is 4.90 Å². The first-order valence-corrected chi connectivity index (χ1v) is 9.39. The van der Waals surface area contributed by atoms with Crippen LogP contribution >= 0.6 is 11.3 Å². The molecular weight excluding hydrogens is 371 g/mol. The summed E-state index contributed by atoms with van der Waals surface area (Å²) >= 11 is 1.59. The first kappa shape index (κ1) is 17.5. The molecule has 3 heterocycles. The molecule has 11 heteroatoms. The number of amides is 3. The Morgan fingerprint density at radius 2 is 1.77 bits per heavy atom. The lowest BCUT2D eigenvalue weighted by Crippen LogP contribution is -2.47. The van der Waals surface area contributed by atoms with Crippen molar-refractivity contribution in [2.45, 2.75) is 43.8 Å². The summed E-state index contributed by atoms with van der Waals surface area (Å²) in [5.74, 6) is -0.236. The second kappa shape index (κ2) is 6.36. The van der Waals surface area contributed by atoms with E-state index in [1.807, 2.05) is 0 Å². The lowest BCUT2D eigenvalue weighted by Gasteiger charge is -2.35. The van der Waals surface area contributed by atoms with Crippen LogP contribution in [-0.2, 0) is 4.79 Å². The summed E-state index contributed by atoms with van der Waals surface area (Å²) in [6, 6.07) is -1.06. The number of hydrogen-bond acceptors (Lipinski definition) is 6. The number of aromatic nitrogens is 2. The number of rotatable bonds is 4. The number of urea groups is 1. The highest BCUT2D eigenvalue weighted by Gasteiger charge is 2.45. The molecule has 0 atom stereocenters. The van der Waals surface area contributed by atoms with Crippen LogP contribution in [0.5, 0.6) is 0 Å². The molecule has 26 heavy (non-hydrogen) atoms. The van der Waals surface area contributed by atoms with Gasteiger partial charge in [0, 0.05) is 25.0 Å². The van der Waals surface area contributed by atoms with Crippen LogP contribution < -0.4 is 4.90 Å². The predicted octanol–water partition coefficient (Wildman–Crippen LogP) is 2.21. The van der Waals surface area contributed by atoms with Crippen LogP contribution in [0.15, 0.2) is 0 Å². The molecule has 2 saturated heterocycles. The molecule has 1 aromatic heterocycles. The number of carbonyl (C=O) groups excluding carboxylic acids is 2. The zero-order valence-corrected chi connectivity index (χ0v) is 14.7. The van der Waals surface area contributed by atoms with E-state index >= 15 is 0 Å². The molecule has 3 amide bonds. The van der Waals surface area contributed by atoms with Crippen molar-refractivity contribution in [2.24, 2.45) is 0 Å².